The first kappa shape index (κ1) is 11.0. The lowest BCUT2D eigenvalue weighted by Crippen LogP contribution is -2.14. The van der Waals surface area contributed by atoms with E-state index in [1.54, 1.807) is 0 Å². The summed E-state index contributed by atoms with van der Waals surface area (Å²) in [6, 6.07) is 7.19. The minimum Gasteiger partial charge on any atom is -0.334 e. The number of aromatic nitrogens is 2. The molecule has 0 N–H and O–H groups in total. The summed E-state index contributed by atoms with van der Waals surface area (Å²) in [6.07, 6.45) is 8.72. The van der Waals surface area contributed by atoms with Gasteiger partial charge >= 0.3 is 0 Å². The van der Waals surface area contributed by atoms with Gasteiger partial charge in [-0.3, -0.25) is 4.99 Å². The Morgan fingerprint density at radius 3 is 2.89 bits per heavy atom. The molecular weight excluding hydrogens is 234 g/mol. The zero-order valence-electron chi connectivity index (χ0n) is 11.3. The van der Waals surface area contributed by atoms with Crippen LogP contribution in [0.2, 0.25) is 0 Å². The van der Waals surface area contributed by atoms with Gasteiger partial charge in [-0.1, -0.05) is 26.0 Å². The second-order valence-electron chi connectivity index (χ2n) is 6.15. The maximum atomic E-state index is 4.53. The largest absolute Gasteiger partial charge is 0.334 e. The van der Waals surface area contributed by atoms with Crippen LogP contribution in [0.15, 0.2) is 35.7 Å². The predicted octanol–water partition coefficient (Wildman–Crippen LogP) is 3.88. The number of imidazole rings is 1. The standard InChI is InChI=1S/C16H17N3/c1-16(2)9-17-14-7-11(3-6-13(14)16)15-8-19(10-18-15)12-4-5-12/h3,6-10,12H,4-5H2,1-2H3. The highest BCUT2D eigenvalue weighted by atomic mass is 15.1. The van der Waals surface area contributed by atoms with E-state index in [0.29, 0.717) is 6.04 Å². The lowest BCUT2D eigenvalue weighted by Gasteiger charge is -2.15. The number of aliphatic imine (C=N–C) groups is 1. The molecule has 0 radical (unpaired) electrons. The summed E-state index contributed by atoms with van der Waals surface area (Å²) in [5, 5.41) is 0. The Hall–Kier alpha value is -1.90. The summed E-state index contributed by atoms with van der Waals surface area (Å²) in [4.78, 5) is 9.05. The van der Waals surface area contributed by atoms with Gasteiger partial charge in [0.15, 0.2) is 0 Å². The summed E-state index contributed by atoms with van der Waals surface area (Å²) < 4.78 is 2.23. The molecule has 2 aliphatic rings. The third-order valence-corrected chi connectivity index (χ3v) is 4.08. The fourth-order valence-corrected chi connectivity index (χ4v) is 2.70. The van der Waals surface area contributed by atoms with E-state index in [1.807, 2.05) is 12.5 Å². The highest BCUT2D eigenvalue weighted by molar-refractivity contribution is 5.85. The molecule has 3 heteroatoms. The Kier molecular flexibility index (Phi) is 2.06. The lowest BCUT2D eigenvalue weighted by atomic mass is 9.86. The van der Waals surface area contributed by atoms with Crippen LogP contribution in [0, 0.1) is 0 Å². The Morgan fingerprint density at radius 1 is 1.26 bits per heavy atom. The number of rotatable bonds is 2. The van der Waals surface area contributed by atoms with Crippen molar-refractivity contribution in [3.63, 3.8) is 0 Å². The smallest absolute Gasteiger partial charge is 0.0956 e. The predicted molar refractivity (Wildman–Crippen MR) is 77.1 cm³/mol. The van der Waals surface area contributed by atoms with Gasteiger partial charge in [0.25, 0.3) is 0 Å². The van der Waals surface area contributed by atoms with E-state index in [2.05, 4.69) is 52.8 Å². The molecule has 0 spiro atoms. The fraction of sp³-hybridized carbons (Fsp3) is 0.375. The Labute approximate surface area is 113 Å². The summed E-state index contributed by atoms with van der Waals surface area (Å²) in [5.41, 5.74) is 4.66. The van der Waals surface area contributed by atoms with E-state index in [4.69, 9.17) is 0 Å². The first-order valence-electron chi connectivity index (χ1n) is 6.87. The molecule has 1 saturated carbocycles. The van der Waals surface area contributed by atoms with Crippen LogP contribution < -0.4 is 0 Å². The molecule has 3 nitrogen and oxygen atoms in total. The summed E-state index contributed by atoms with van der Waals surface area (Å²) in [7, 11) is 0. The molecule has 19 heavy (non-hydrogen) atoms. The van der Waals surface area contributed by atoms with Crippen molar-refractivity contribution in [1.82, 2.24) is 9.55 Å². The average Bonchev–Trinajstić information content (AvgIpc) is 3.05. The summed E-state index contributed by atoms with van der Waals surface area (Å²) >= 11 is 0. The van der Waals surface area contributed by atoms with E-state index in [-0.39, 0.29) is 5.41 Å². The van der Waals surface area contributed by atoms with Crippen molar-refractivity contribution in [2.45, 2.75) is 38.1 Å². The van der Waals surface area contributed by atoms with Crippen LogP contribution >= 0.6 is 0 Å². The number of hydrogen-bond donors (Lipinski definition) is 0. The molecule has 2 heterocycles. The van der Waals surface area contributed by atoms with Crippen LogP contribution in [0.1, 0.15) is 38.3 Å². The number of fused-ring (bicyclic) bond motifs is 1. The highest BCUT2D eigenvalue weighted by Gasteiger charge is 2.27. The normalized spacial score (nSPS) is 19.7. The van der Waals surface area contributed by atoms with Crippen molar-refractivity contribution >= 4 is 11.9 Å². The molecule has 1 aliphatic heterocycles. The third-order valence-electron chi connectivity index (χ3n) is 4.08. The molecule has 1 aliphatic carbocycles. The zero-order chi connectivity index (χ0) is 13.0. The fourth-order valence-electron chi connectivity index (χ4n) is 2.70. The van der Waals surface area contributed by atoms with Crippen LogP contribution in [0.3, 0.4) is 0 Å². The molecular formula is C16H17N3. The van der Waals surface area contributed by atoms with Crippen molar-refractivity contribution in [2.24, 2.45) is 4.99 Å². The number of hydrogen-bond acceptors (Lipinski definition) is 2. The van der Waals surface area contributed by atoms with Gasteiger partial charge in [0.05, 0.1) is 17.7 Å². The molecule has 0 saturated heterocycles. The molecule has 96 valence electrons. The van der Waals surface area contributed by atoms with Crippen LogP contribution in [-0.4, -0.2) is 15.8 Å². The monoisotopic (exact) mass is 251 g/mol. The van der Waals surface area contributed by atoms with Gasteiger partial charge in [0.1, 0.15) is 0 Å². The van der Waals surface area contributed by atoms with Crippen LogP contribution in [-0.2, 0) is 5.41 Å². The summed E-state index contributed by atoms with van der Waals surface area (Å²) in [6.45, 7) is 4.40. The zero-order valence-corrected chi connectivity index (χ0v) is 11.3. The lowest BCUT2D eigenvalue weighted by molar-refractivity contribution is 0.741. The van der Waals surface area contributed by atoms with Crippen LogP contribution in [0.4, 0.5) is 5.69 Å². The van der Waals surface area contributed by atoms with E-state index in [1.165, 1.54) is 18.4 Å². The van der Waals surface area contributed by atoms with Crippen molar-refractivity contribution in [1.29, 1.82) is 0 Å². The van der Waals surface area contributed by atoms with Crippen LogP contribution in [0.5, 0.6) is 0 Å². The Bertz CT molecular complexity index is 675. The molecule has 1 fully saturated rings. The molecule has 1 aromatic carbocycles. The van der Waals surface area contributed by atoms with Gasteiger partial charge in [-0.15, -0.1) is 0 Å². The van der Waals surface area contributed by atoms with Gasteiger partial charge in [-0.05, 0) is 24.5 Å². The van der Waals surface area contributed by atoms with Gasteiger partial charge in [0.2, 0.25) is 0 Å². The van der Waals surface area contributed by atoms with Crippen molar-refractivity contribution in [2.75, 3.05) is 0 Å². The molecule has 0 atom stereocenters. The Balaban J connectivity index is 1.74. The molecule has 0 bridgehead atoms. The van der Waals surface area contributed by atoms with E-state index in [9.17, 15) is 0 Å². The van der Waals surface area contributed by atoms with Gasteiger partial charge in [0, 0.05) is 29.4 Å². The average molecular weight is 251 g/mol. The minimum absolute atomic E-state index is 0.0568. The van der Waals surface area contributed by atoms with Gasteiger partial charge in [-0.25, -0.2) is 4.98 Å². The van der Waals surface area contributed by atoms with E-state index in [0.717, 1.165) is 16.9 Å². The second-order valence-corrected chi connectivity index (χ2v) is 6.15. The Morgan fingerprint density at radius 2 is 2.11 bits per heavy atom. The van der Waals surface area contributed by atoms with Crippen molar-refractivity contribution in [3.05, 3.63) is 36.3 Å². The molecule has 4 rings (SSSR count). The number of nitrogens with zero attached hydrogens (tertiary/aromatic N) is 3. The summed E-state index contributed by atoms with van der Waals surface area (Å²) in [5.74, 6) is 0. The maximum absolute atomic E-state index is 4.53. The maximum Gasteiger partial charge on any atom is 0.0956 e. The van der Waals surface area contributed by atoms with E-state index >= 15 is 0 Å². The number of benzene rings is 1. The minimum atomic E-state index is 0.0568. The molecule has 0 unspecified atom stereocenters. The topological polar surface area (TPSA) is 30.2 Å². The SMILES string of the molecule is CC1(C)C=Nc2cc(-c3cn(C4CC4)cn3)ccc21. The first-order chi connectivity index (χ1) is 9.13. The van der Waals surface area contributed by atoms with Crippen LogP contribution in [0.25, 0.3) is 11.3 Å². The van der Waals surface area contributed by atoms with Crippen molar-refractivity contribution in [3.8, 4) is 11.3 Å². The van der Waals surface area contributed by atoms with E-state index < -0.39 is 0 Å². The van der Waals surface area contributed by atoms with Gasteiger partial charge < -0.3 is 4.57 Å². The third kappa shape index (κ3) is 1.72. The second kappa shape index (κ2) is 3.56. The van der Waals surface area contributed by atoms with Gasteiger partial charge in [-0.2, -0.15) is 0 Å². The molecule has 1 aromatic heterocycles. The van der Waals surface area contributed by atoms with Crippen molar-refractivity contribution < 1.29 is 0 Å². The highest BCUT2D eigenvalue weighted by Crippen LogP contribution is 2.39. The molecule has 2 aromatic rings. The quantitative estimate of drug-likeness (QED) is 0.796. The first-order valence-corrected chi connectivity index (χ1v) is 6.87. The molecule has 0 amide bonds.